The number of aromatic amines is 1. The number of carbonyl (C=O) groups excluding carboxylic acids is 4. The van der Waals surface area contributed by atoms with Gasteiger partial charge in [0.25, 0.3) is 0 Å². The van der Waals surface area contributed by atoms with Gasteiger partial charge in [0.15, 0.2) is 0 Å². The second-order valence-corrected chi connectivity index (χ2v) is 9.27. The van der Waals surface area contributed by atoms with Crippen LogP contribution in [0.3, 0.4) is 0 Å². The largest absolute Gasteiger partial charge is 0.481 e. The SMILES string of the molecule is CCC(C)C(NC(=O)C(CC(=O)O)NC(=O)C(N)Cc1c[nH]c2ccccc12)C(=O)NC(CC(N)=O)C(=O)O. The van der Waals surface area contributed by atoms with Gasteiger partial charge in [-0.2, -0.15) is 0 Å². The van der Waals surface area contributed by atoms with Crippen molar-refractivity contribution in [2.24, 2.45) is 17.4 Å². The highest BCUT2D eigenvalue weighted by molar-refractivity contribution is 5.96. The summed E-state index contributed by atoms with van der Waals surface area (Å²) in [6, 6.07) is 1.75. The van der Waals surface area contributed by atoms with E-state index < -0.39 is 78.5 Å². The summed E-state index contributed by atoms with van der Waals surface area (Å²) in [5.41, 5.74) is 12.7. The number of nitrogens with two attached hydrogens (primary N) is 2. The van der Waals surface area contributed by atoms with Crippen LogP contribution < -0.4 is 27.4 Å². The van der Waals surface area contributed by atoms with Gasteiger partial charge < -0.3 is 42.6 Å². The number of carbonyl (C=O) groups is 6. The summed E-state index contributed by atoms with van der Waals surface area (Å²) in [7, 11) is 0. The van der Waals surface area contributed by atoms with E-state index in [2.05, 4.69) is 20.9 Å². The van der Waals surface area contributed by atoms with Crippen molar-refractivity contribution in [2.45, 2.75) is 63.7 Å². The molecule has 5 atom stereocenters. The molecule has 5 unspecified atom stereocenters. The zero-order valence-corrected chi connectivity index (χ0v) is 21.6. The van der Waals surface area contributed by atoms with Gasteiger partial charge >= 0.3 is 11.9 Å². The normalized spacial score (nSPS) is 14.8. The number of carboxylic acids is 2. The average molecular weight is 547 g/mol. The first-order valence-electron chi connectivity index (χ1n) is 12.3. The number of rotatable bonds is 15. The maximum absolute atomic E-state index is 13.1. The predicted octanol–water partition coefficient (Wildman–Crippen LogP) is -1.03. The van der Waals surface area contributed by atoms with Crippen molar-refractivity contribution in [2.75, 3.05) is 0 Å². The summed E-state index contributed by atoms with van der Waals surface area (Å²) in [6.45, 7) is 3.33. The van der Waals surface area contributed by atoms with E-state index in [9.17, 15) is 39.0 Å². The van der Waals surface area contributed by atoms with E-state index in [1.54, 1.807) is 20.0 Å². The molecule has 1 heterocycles. The smallest absolute Gasteiger partial charge is 0.326 e. The van der Waals surface area contributed by atoms with Gasteiger partial charge in [0.1, 0.15) is 18.1 Å². The second-order valence-electron chi connectivity index (χ2n) is 9.27. The van der Waals surface area contributed by atoms with Gasteiger partial charge in [-0.25, -0.2) is 4.79 Å². The molecule has 14 nitrogen and oxygen atoms in total. The molecule has 0 aliphatic rings. The summed E-state index contributed by atoms with van der Waals surface area (Å²) in [5.74, 6) is -7.05. The fraction of sp³-hybridized carbons (Fsp3) is 0.440. The number of benzene rings is 1. The molecule has 0 saturated carbocycles. The van der Waals surface area contributed by atoms with E-state index >= 15 is 0 Å². The van der Waals surface area contributed by atoms with Crippen LogP contribution in [0.2, 0.25) is 0 Å². The quantitative estimate of drug-likeness (QED) is 0.136. The zero-order chi connectivity index (χ0) is 29.3. The average Bonchev–Trinajstić information content (AvgIpc) is 3.27. The maximum atomic E-state index is 13.1. The summed E-state index contributed by atoms with van der Waals surface area (Å²) in [4.78, 5) is 75.9. The number of nitrogens with one attached hydrogen (secondary N) is 4. The highest BCUT2D eigenvalue weighted by Crippen LogP contribution is 2.19. The van der Waals surface area contributed by atoms with Gasteiger partial charge in [0, 0.05) is 17.1 Å². The monoisotopic (exact) mass is 546 g/mol. The van der Waals surface area contributed by atoms with Crippen molar-refractivity contribution in [1.82, 2.24) is 20.9 Å². The van der Waals surface area contributed by atoms with Gasteiger partial charge in [-0.15, -0.1) is 0 Å². The van der Waals surface area contributed by atoms with Crippen LogP contribution in [0.1, 0.15) is 38.7 Å². The summed E-state index contributed by atoms with van der Waals surface area (Å²) >= 11 is 0. The Balaban J connectivity index is 2.16. The van der Waals surface area contributed by atoms with Crippen LogP contribution >= 0.6 is 0 Å². The fourth-order valence-electron chi connectivity index (χ4n) is 3.91. The van der Waals surface area contributed by atoms with Gasteiger partial charge in [-0.1, -0.05) is 38.5 Å². The summed E-state index contributed by atoms with van der Waals surface area (Å²) in [5, 5.41) is 26.4. The minimum atomic E-state index is -1.63. The number of fused-ring (bicyclic) bond motifs is 1. The van der Waals surface area contributed by atoms with Crippen molar-refractivity contribution in [3.05, 3.63) is 36.0 Å². The van der Waals surface area contributed by atoms with Crippen LogP contribution in [-0.2, 0) is 35.2 Å². The van der Waals surface area contributed by atoms with Crippen molar-refractivity contribution in [3.63, 3.8) is 0 Å². The molecule has 39 heavy (non-hydrogen) atoms. The maximum Gasteiger partial charge on any atom is 0.326 e. The first kappa shape index (κ1) is 30.8. The van der Waals surface area contributed by atoms with E-state index in [0.717, 1.165) is 16.5 Å². The Kier molecular flexibility index (Phi) is 11.0. The molecule has 0 aliphatic carbocycles. The van der Waals surface area contributed by atoms with Gasteiger partial charge in [0.05, 0.1) is 18.9 Å². The van der Waals surface area contributed by atoms with E-state index in [4.69, 9.17) is 11.5 Å². The number of hydrogen-bond acceptors (Lipinski definition) is 7. The van der Waals surface area contributed by atoms with Crippen molar-refractivity contribution in [1.29, 1.82) is 0 Å². The predicted molar refractivity (Wildman–Crippen MR) is 139 cm³/mol. The molecule has 0 saturated heterocycles. The molecule has 212 valence electrons. The summed E-state index contributed by atoms with van der Waals surface area (Å²) in [6.07, 6.45) is 0.708. The molecular formula is C25H34N6O8. The second kappa shape index (κ2) is 13.9. The Morgan fingerprint density at radius 2 is 1.56 bits per heavy atom. The fourth-order valence-corrected chi connectivity index (χ4v) is 3.91. The van der Waals surface area contributed by atoms with E-state index in [1.165, 1.54) is 0 Å². The first-order chi connectivity index (χ1) is 18.3. The third-order valence-electron chi connectivity index (χ3n) is 6.28. The lowest BCUT2D eigenvalue weighted by Crippen LogP contribution is -2.59. The third kappa shape index (κ3) is 8.81. The van der Waals surface area contributed by atoms with Gasteiger partial charge in [-0.05, 0) is 24.0 Å². The van der Waals surface area contributed by atoms with Crippen LogP contribution in [-0.4, -0.2) is 74.9 Å². The molecule has 1 aromatic carbocycles. The molecule has 4 amide bonds. The molecule has 2 rings (SSSR count). The topological polar surface area (TPSA) is 247 Å². The lowest BCUT2D eigenvalue weighted by molar-refractivity contribution is -0.144. The van der Waals surface area contributed by atoms with Crippen LogP contribution in [0.15, 0.2) is 30.5 Å². The highest BCUT2D eigenvalue weighted by Gasteiger charge is 2.34. The number of H-pyrrole nitrogens is 1. The van der Waals surface area contributed by atoms with Crippen LogP contribution in [0.25, 0.3) is 10.9 Å². The Bertz CT molecular complexity index is 1230. The van der Waals surface area contributed by atoms with Crippen LogP contribution in [0.5, 0.6) is 0 Å². The standard InChI is InChI=1S/C25H34N6O8/c1-3-12(2)21(24(37)30-18(25(38)39)9-19(27)32)31-23(36)17(10-20(33)34)29-22(35)15(26)8-13-11-28-16-7-5-4-6-14(13)16/h4-7,11-12,15,17-18,21,28H,3,8-10,26H2,1-2H3,(H2,27,32)(H,29,35)(H,30,37)(H,31,36)(H,33,34)(H,38,39). The molecule has 0 bridgehead atoms. The molecule has 0 fully saturated rings. The number of carboxylic acid groups (broad SMARTS) is 2. The summed E-state index contributed by atoms with van der Waals surface area (Å²) < 4.78 is 0. The Labute approximate surface area is 223 Å². The number of aliphatic carboxylic acids is 2. The first-order valence-corrected chi connectivity index (χ1v) is 12.3. The molecule has 1 aromatic heterocycles. The Morgan fingerprint density at radius 3 is 2.15 bits per heavy atom. The number of para-hydroxylation sites is 1. The van der Waals surface area contributed by atoms with Crippen molar-refractivity contribution < 1.29 is 39.0 Å². The van der Waals surface area contributed by atoms with Crippen molar-refractivity contribution >= 4 is 46.5 Å². The van der Waals surface area contributed by atoms with Gasteiger partial charge in [-0.3, -0.25) is 24.0 Å². The minimum absolute atomic E-state index is 0.103. The highest BCUT2D eigenvalue weighted by atomic mass is 16.4. The molecule has 0 spiro atoms. The zero-order valence-electron chi connectivity index (χ0n) is 21.6. The van der Waals surface area contributed by atoms with Crippen LogP contribution in [0.4, 0.5) is 0 Å². The minimum Gasteiger partial charge on any atom is -0.481 e. The van der Waals surface area contributed by atoms with Gasteiger partial charge in [0.2, 0.25) is 23.6 Å². The molecule has 10 N–H and O–H groups in total. The molecule has 14 heteroatoms. The lowest BCUT2D eigenvalue weighted by Gasteiger charge is -2.27. The molecule has 2 aromatic rings. The lowest BCUT2D eigenvalue weighted by atomic mass is 9.97. The number of aromatic nitrogens is 1. The Hall–Kier alpha value is -4.46. The molecule has 0 radical (unpaired) electrons. The number of hydrogen-bond donors (Lipinski definition) is 8. The third-order valence-corrected chi connectivity index (χ3v) is 6.28. The molecule has 0 aliphatic heterocycles. The number of primary amides is 1. The van der Waals surface area contributed by atoms with E-state index in [1.807, 2.05) is 24.3 Å². The Morgan fingerprint density at radius 1 is 0.923 bits per heavy atom. The van der Waals surface area contributed by atoms with E-state index in [-0.39, 0.29) is 6.42 Å². The number of amides is 4. The van der Waals surface area contributed by atoms with Crippen molar-refractivity contribution in [3.8, 4) is 0 Å². The van der Waals surface area contributed by atoms with Crippen LogP contribution in [0, 0.1) is 5.92 Å². The molecular weight excluding hydrogens is 512 g/mol. The van der Waals surface area contributed by atoms with E-state index in [0.29, 0.717) is 6.42 Å².